The highest BCUT2D eigenvalue weighted by molar-refractivity contribution is 5.82. The quantitative estimate of drug-likeness (QED) is 0.874. The monoisotopic (exact) mass is 300 g/mol. The number of rotatable bonds is 3. The van der Waals surface area contributed by atoms with E-state index >= 15 is 0 Å². The Kier molecular flexibility index (Phi) is 4.21. The molecule has 0 spiro atoms. The molecule has 0 unspecified atom stereocenters. The number of pyridine rings is 1. The van der Waals surface area contributed by atoms with Crippen LogP contribution in [0.2, 0.25) is 0 Å². The Labute approximate surface area is 131 Å². The van der Waals surface area contributed by atoms with Crippen LogP contribution in [-0.4, -0.2) is 35.7 Å². The summed E-state index contributed by atoms with van der Waals surface area (Å²) in [4.78, 5) is 15.1. The number of benzene rings is 1. The van der Waals surface area contributed by atoms with Crippen LogP contribution in [0.15, 0.2) is 35.3 Å². The van der Waals surface area contributed by atoms with Crippen molar-refractivity contribution in [3.63, 3.8) is 0 Å². The van der Waals surface area contributed by atoms with Gasteiger partial charge in [-0.15, -0.1) is 0 Å². The van der Waals surface area contributed by atoms with Crippen molar-refractivity contribution < 1.29 is 4.74 Å². The van der Waals surface area contributed by atoms with E-state index in [4.69, 9.17) is 4.74 Å². The lowest BCUT2D eigenvalue weighted by Gasteiger charge is -2.30. The van der Waals surface area contributed by atoms with Gasteiger partial charge < -0.3 is 14.2 Å². The molecule has 118 valence electrons. The molecule has 22 heavy (non-hydrogen) atoms. The summed E-state index contributed by atoms with van der Waals surface area (Å²) in [5.74, 6) is 0.818. The van der Waals surface area contributed by atoms with Crippen molar-refractivity contribution in [3.05, 3.63) is 40.8 Å². The van der Waals surface area contributed by atoms with Crippen molar-refractivity contribution in [1.82, 2.24) is 9.47 Å². The van der Waals surface area contributed by atoms with Crippen molar-refractivity contribution in [1.29, 1.82) is 0 Å². The van der Waals surface area contributed by atoms with Crippen molar-refractivity contribution in [2.75, 3.05) is 20.1 Å². The normalized spacial score (nSPS) is 17.3. The van der Waals surface area contributed by atoms with Gasteiger partial charge in [0.25, 0.3) is 5.56 Å². The Hall–Kier alpha value is -1.81. The predicted octanol–water partition coefficient (Wildman–Crippen LogP) is 3.06. The zero-order valence-electron chi connectivity index (χ0n) is 13.6. The zero-order chi connectivity index (χ0) is 15.7. The number of aromatic nitrogens is 1. The standard InChI is InChI=1S/C18H24N2O2/c1-13(2)22-16-4-5-17-14(12-16)6-11-20(18(17)21)15-7-9-19(3)10-8-15/h4-6,11-13,15H,7-10H2,1-3H3. The molecule has 1 aliphatic rings. The smallest absolute Gasteiger partial charge is 0.258 e. The lowest BCUT2D eigenvalue weighted by Crippen LogP contribution is -2.35. The van der Waals surface area contributed by atoms with E-state index in [1.165, 1.54) is 0 Å². The number of fused-ring (bicyclic) bond motifs is 1. The zero-order valence-corrected chi connectivity index (χ0v) is 13.6. The molecule has 1 fully saturated rings. The third-order valence-corrected chi connectivity index (χ3v) is 4.36. The predicted molar refractivity (Wildman–Crippen MR) is 89.7 cm³/mol. The molecule has 0 radical (unpaired) electrons. The SMILES string of the molecule is CC(C)Oc1ccc2c(=O)n(C3CCN(C)CC3)ccc2c1. The molecular formula is C18H24N2O2. The number of likely N-dealkylation sites (tertiary alicyclic amines) is 1. The fraction of sp³-hybridized carbons (Fsp3) is 0.500. The molecule has 0 bridgehead atoms. The van der Waals surface area contributed by atoms with Crippen LogP contribution in [0, 0.1) is 0 Å². The van der Waals surface area contributed by atoms with E-state index in [9.17, 15) is 4.79 Å². The van der Waals surface area contributed by atoms with Crippen LogP contribution in [-0.2, 0) is 0 Å². The lowest BCUT2D eigenvalue weighted by atomic mass is 10.0. The minimum atomic E-state index is 0.114. The van der Waals surface area contributed by atoms with Crippen LogP contribution in [0.3, 0.4) is 0 Å². The van der Waals surface area contributed by atoms with Gasteiger partial charge in [0.05, 0.1) is 6.10 Å². The van der Waals surface area contributed by atoms with Gasteiger partial charge in [0.2, 0.25) is 0 Å². The first kappa shape index (κ1) is 15.1. The van der Waals surface area contributed by atoms with E-state index in [0.717, 1.165) is 42.5 Å². The fourth-order valence-corrected chi connectivity index (χ4v) is 3.15. The third-order valence-electron chi connectivity index (χ3n) is 4.36. The van der Waals surface area contributed by atoms with E-state index in [0.29, 0.717) is 6.04 Å². The Balaban J connectivity index is 1.94. The molecule has 1 aromatic carbocycles. The van der Waals surface area contributed by atoms with Gasteiger partial charge in [-0.05, 0) is 76.5 Å². The van der Waals surface area contributed by atoms with Crippen LogP contribution in [0.4, 0.5) is 0 Å². The van der Waals surface area contributed by atoms with Crippen LogP contribution < -0.4 is 10.3 Å². The highest BCUT2D eigenvalue weighted by Gasteiger charge is 2.19. The highest BCUT2D eigenvalue weighted by atomic mass is 16.5. The molecule has 4 nitrogen and oxygen atoms in total. The van der Waals surface area contributed by atoms with Crippen molar-refractivity contribution in [2.24, 2.45) is 0 Å². The third kappa shape index (κ3) is 3.02. The van der Waals surface area contributed by atoms with Gasteiger partial charge >= 0.3 is 0 Å². The summed E-state index contributed by atoms with van der Waals surface area (Å²) in [5.41, 5.74) is 0.114. The first-order chi connectivity index (χ1) is 10.5. The van der Waals surface area contributed by atoms with Gasteiger partial charge in [-0.1, -0.05) is 0 Å². The summed E-state index contributed by atoms with van der Waals surface area (Å²) < 4.78 is 7.62. The largest absolute Gasteiger partial charge is 0.491 e. The molecule has 2 heterocycles. The molecule has 0 atom stereocenters. The molecule has 0 saturated carbocycles. The second-order valence-corrected chi connectivity index (χ2v) is 6.48. The molecule has 0 aliphatic carbocycles. The Morgan fingerprint density at radius 2 is 1.91 bits per heavy atom. The number of hydrogen-bond donors (Lipinski definition) is 0. The van der Waals surface area contributed by atoms with E-state index in [-0.39, 0.29) is 11.7 Å². The maximum atomic E-state index is 12.8. The Morgan fingerprint density at radius 1 is 1.18 bits per heavy atom. The van der Waals surface area contributed by atoms with Crippen LogP contribution in [0.1, 0.15) is 32.7 Å². The van der Waals surface area contributed by atoms with E-state index < -0.39 is 0 Å². The van der Waals surface area contributed by atoms with Crippen molar-refractivity contribution >= 4 is 10.8 Å². The van der Waals surface area contributed by atoms with Gasteiger partial charge in [-0.25, -0.2) is 0 Å². The molecule has 0 amide bonds. The topological polar surface area (TPSA) is 34.5 Å². The Morgan fingerprint density at radius 3 is 2.59 bits per heavy atom. The number of ether oxygens (including phenoxy) is 1. The maximum Gasteiger partial charge on any atom is 0.258 e. The molecule has 4 heteroatoms. The summed E-state index contributed by atoms with van der Waals surface area (Å²) in [5, 5.41) is 1.73. The molecule has 1 saturated heterocycles. The average Bonchev–Trinajstić information content (AvgIpc) is 2.48. The summed E-state index contributed by atoms with van der Waals surface area (Å²) in [7, 11) is 2.13. The molecule has 3 rings (SSSR count). The summed E-state index contributed by atoms with van der Waals surface area (Å²) in [6.45, 7) is 6.11. The van der Waals surface area contributed by atoms with Gasteiger partial charge in [-0.3, -0.25) is 4.79 Å². The summed E-state index contributed by atoms with van der Waals surface area (Å²) in [6.07, 6.45) is 4.16. The van der Waals surface area contributed by atoms with Gasteiger partial charge in [0.15, 0.2) is 0 Å². The van der Waals surface area contributed by atoms with Gasteiger partial charge in [-0.2, -0.15) is 0 Å². The van der Waals surface area contributed by atoms with Crippen LogP contribution in [0.5, 0.6) is 5.75 Å². The average molecular weight is 300 g/mol. The summed E-state index contributed by atoms with van der Waals surface area (Å²) in [6, 6.07) is 8.08. The van der Waals surface area contributed by atoms with E-state index in [1.807, 2.05) is 48.9 Å². The van der Waals surface area contributed by atoms with Crippen LogP contribution in [0.25, 0.3) is 10.8 Å². The van der Waals surface area contributed by atoms with Crippen molar-refractivity contribution in [2.45, 2.75) is 38.8 Å². The van der Waals surface area contributed by atoms with E-state index in [1.54, 1.807) is 0 Å². The maximum absolute atomic E-state index is 12.8. The number of nitrogens with zero attached hydrogens (tertiary/aromatic N) is 2. The fourth-order valence-electron chi connectivity index (χ4n) is 3.15. The molecular weight excluding hydrogens is 276 g/mol. The lowest BCUT2D eigenvalue weighted by molar-refractivity contribution is 0.219. The Bertz CT molecular complexity index is 713. The molecule has 1 aromatic heterocycles. The van der Waals surface area contributed by atoms with E-state index in [2.05, 4.69) is 11.9 Å². The van der Waals surface area contributed by atoms with Gasteiger partial charge in [0, 0.05) is 17.6 Å². The minimum absolute atomic E-state index is 0.114. The molecule has 1 aliphatic heterocycles. The summed E-state index contributed by atoms with van der Waals surface area (Å²) >= 11 is 0. The van der Waals surface area contributed by atoms with Gasteiger partial charge in [0.1, 0.15) is 5.75 Å². The minimum Gasteiger partial charge on any atom is -0.491 e. The molecule has 0 N–H and O–H groups in total. The highest BCUT2D eigenvalue weighted by Crippen LogP contribution is 2.23. The van der Waals surface area contributed by atoms with Crippen LogP contribution >= 0.6 is 0 Å². The number of piperidine rings is 1. The van der Waals surface area contributed by atoms with Crippen molar-refractivity contribution in [3.8, 4) is 5.75 Å². The second kappa shape index (κ2) is 6.13. The second-order valence-electron chi connectivity index (χ2n) is 6.48. The first-order valence-corrected chi connectivity index (χ1v) is 8.04. The molecule has 2 aromatic rings. The first-order valence-electron chi connectivity index (χ1n) is 8.04. The number of hydrogen-bond acceptors (Lipinski definition) is 3.